The second-order valence-corrected chi connectivity index (χ2v) is 5.56. The van der Waals surface area contributed by atoms with E-state index in [2.05, 4.69) is 43.5 Å². The molecule has 0 bridgehead atoms. The molecule has 0 aromatic rings. The maximum atomic E-state index is 11.6. The molecule has 0 heterocycles. The summed E-state index contributed by atoms with van der Waals surface area (Å²) in [4.78, 5) is 13.8. The van der Waals surface area contributed by atoms with Gasteiger partial charge in [0.1, 0.15) is 0 Å². The van der Waals surface area contributed by atoms with Crippen molar-refractivity contribution in [3.63, 3.8) is 0 Å². The van der Waals surface area contributed by atoms with E-state index in [-0.39, 0.29) is 5.91 Å². The fourth-order valence-electron chi connectivity index (χ4n) is 2.00. The number of carbonyl (C=O) groups excluding carboxylic acids is 1. The van der Waals surface area contributed by atoms with Crippen LogP contribution in [0.15, 0.2) is 0 Å². The molecule has 1 amide bonds. The number of rotatable bonds is 8. The van der Waals surface area contributed by atoms with Gasteiger partial charge in [0.05, 0.1) is 0 Å². The smallest absolute Gasteiger partial charge is 0.221 e. The van der Waals surface area contributed by atoms with E-state index in [1.165, 1.54) is 12.8 Å². The molecule has 0 aromatic carbocycles. The van der Waals surface area contributed by atoms with E-state index >= 15 is 0 Å². The fourth-order valence-corrected chi connectivity index (χ4v) is 2.00. The zero-order chi connectivity index (χ0) is 12.8. The SMILES string of the molecule is CC(C)C(CNC(=O)CCNC1CC1)N(C)C. The molecule has 1 aliphatic carbocycles. The molecule has 17 heavy (non-hydrogen) atoms. The molecule has 4 heteroatoms. The van der Waals surface area contributed by atoms with Crippen molar-refractivity contribution in [2.24, 2.45) is 5.92 Å². The van der Waals surface area contributed by atoms with E-state index in [1.54, 1.807) is 0 Å². The molecule has 1 atom stereocenters. The Morgan fingerprint density at radius 3 is 2.47 bits per heavy atom. The minimum Gasteiger partial charge on any atom is -0.354 e. The van der Waals surface area contributed by atoms with Crippen LogP contribution in [0.1, 0.15) is 33.1 Å². The van der Waals surface area contributed by atoms with Crippen LogP contribution in [0.4, 0.5) is 0 Å². The van der Waals surface area contributed by atoms with Crippen LogP contribution in [-0.2, 0) is 4.79 Å². The lowest BCUT2D eigenvalue weighted by Gasteiger charge is -2.28. The number of nitrogens with one attached hydrogen (secondary N) is 2. The Morgan fingerprint density at radius 1 is 1.35 bits per heavy atom. The standard InChI is InChI=1S/C13H27N3O/c1-10(2)12(16(3)4)9-15-13(17)7-8-14-11-5-6-11/h10-12,14H,5-9H2,1-4H3,(H,15,17). The number of hydrogen-bond donors (Lipinski definition) is 2. The third-order valence-corrected chi connectivity index (χ3v) is 3.30. The van der Waals surface area contributed by atoms with E-state index in [1.807, 2.05) is 0 Å². The molecule has 0 aliphatic heterocycles. The summed E-state index contributed by atoms with van der Waals surface area (Å²) in [7, 11) is 4.12. The second kappa shape index (κ2) is 6.97. The molecule has 1 saturated carbocycles. The van der Waals surface area contributed by atoms with E-state index in [0.717, 1.165) is 13.1 Å². The summed E-state index contributed by atoms with van der Waals surface area (Å²) in [5.41, 5.74) is 0. The molecular weight excluding hydrogens is 214 g/mol. The van der Waals surface area contributed by atoms with Gasteiger partial charge in [0, 0.05) is 31.6 Å². The Kier molecular flexibility index (Phi) is 5.92. The molecule has 4 nitrogen and oxygen atoms in total. The van der Waals surface area contributed by atoms with Crippen molar-refractivity contribution in [2.45, 2.75) is 45.2 Å². The van der Waals surface area contributed by atoms with Crippen LogP contribution in [0.25, 0.3) is 0 Å². The van der Waals surface area contributed by atoms with Gasteiger partial charge in [-0.15, -0.1) is 0 Å². The summed E-state index contributed by atoms with van der Waals surface area (Å²) in [6.45, 7) is 5.93. The van der Waals surface area contributed by atoms with Gasteiger partial charge in [0.25, 0.3) is 0 Å². The number of amides is 1. The van der Waals surface area contributed by atoms with Gasteiger partial charge in [-0.3, -0.25) is 4.79 Å². The third-order valence-electron chi connectivity index (χ3n) is 3.30. The summed E-state index contributed by atoms with van der Waals surface area (Å²) in [5.74, 6) is 0.709. The monoisotopic (exact) mass is 241 g/mol. The fraction of sp³-hybridized carbons (Fsp3) is 0.923. The molecule has 2 N–H and O–H groups in total. The predicted octanol–water partition coefficient (Wildman–Crippen LogP) is 0.831. The van der Waals surface area contributed by atoms with Crippen LogP contribution in [0.2, 0.25) is 0 Å². The lowest BCUT2D eigenvalue weighted by molar-refractivity contribution is -0.121. The third kappa shape index (κ3) is 6.03. The molecule has 0 radical (unpaired) electrons. The van der Waals surface area contributed by atoms with Gasteiger partial charge in [-0.2, -0.15) is 0 Å². The van der Waals surface area contributed by atoms with Gasteiger partial charge in [-0.05, 0) is 32.9 Å². The van der Waals surface area contributed by atoms with Gasteiger partial charge in [-0.1, -0.05) is 13.8 Å². The van der Waals surface area contributed by atoms with E-state index in [0.29, 0.717) is 24.4 Å². The van der Waals surface area contributed by atoms with Crippen LogP contribution >= 0.6 is 0 Å². The highest BCUT2D eigenvalue weighted by Crippen LogP contribution is 2.18. The molecule has 0 saturated heterocycles. The zero-order valence-corrected chi connectivity index (χ0v) is 11.6. The Hall–Kier alpha value is -0.610. The largest absolute Gasteiger partial charge is 0.354 e. The highest BCUT2D eigenvalue weighted by atomic mass is 16.1. The molecule has 0 spiro atoms. The first kappa shape index (κ1) is 14.5. The molecule has 100 valence electrons. The molecule has 0 aromatic heterocycles. The molecule has 1 unspecified atom stereocenters. The lowest BCUT2D eigenvalue weighted by atomic mass is 10.0. The average molecular weight is 241 g/mol. The first-order valence-corrected chi connectivity index (χ1v) is 6.67. The van der Waals surface area contributed by atoms with Crippen LogP contribution in [0.3, 0.4) is 0 Å². The zero-order valence-electron chi connectivity index (χ0n) is 11.6. The normalized spacial score (nSPS) is 17.5. The van der Waals surface area contributed by atoms with Crippen LogP contribution < -0.4 is 10.6 Å². The maximum absolute atomic E-state index is 11.6. The Bertz CT molecular complexity index is 229. The first-order chi connectivity index (χ1) is 8.00. The molecule has 1 aliphatic rings. The van der Waals surface area contributed by atoms with Crippen LogP contribution in [-0.4, -0.2) is 50.1 Å². The summed E-state index contributed by atoms with van der Waals surface area (Å²) < 4.78 is 0. The number of likely N-dealkylation sites (N-methyl/N-ethyl adjacent to an activating group) is 1. The van der Waals surface area contributed by atoms with Crippen molar-refractivity contribution in [3.8, 4) is 0 Å². The van der Waals surface area contributed by atoms with E-state index in [4.69, 9.17) is 0 Å². The van der Waals surface area contributed by atoms with Gasteiger partial charge < -0.3 is 15.5 Å². The molecular formula is C13H27N3O. The van der Waals surface area contributed by atoms with Gasteiger partial charge >= 0.3 is 0 Å². The number of nitrogens with zero attached hydrogens (tertiary/aromatic N) is 1. The van der Waals surface area contributed by atoms with Crippen molar-refractivity contribution < 1.29 is 4.79 Å². The van der Waals surface area contributed by atoms with Crippen molar-refractivity contribution in [1.29, 1.82) is 0 Å². The summed E-state index contributed by atoms with van der Waals surface area (Å²) >= 11 is 0. The van der Waals surface area contributed by atoms with E-state index in [9.17, 15) is 4.79 Å². The topological polar surface area (TPSA) is 44.4 Å². The molecule has 1 fully saturated rings. The summed E-state index contributed by atoms with van der Waals surface area (Å²) in [6, 6.07) is 1.10. The van der Waals surface area contributed by atoms with Gasteiger partial charge in [0.15, 0.2) is 0 Å². The van der Waals surface area contributed by atoms with E-state index < -0.39 is 0 Å². The Morgan fingerprint density at radius 2 is 2.00 bits per heavy atom. The minimum atomic E-state index is 0.158. The first-order valence-electron chi connectivity index (χ1n) is 6.67. The van der Waals surface area contributed by atoms with Crippen molar-refractivity contribution in [3.05, 3.63) is 0 Å². The summed E-state index contributed by atoms with van der Waals surface area (Å²) in [6.07, 6.45) is 3.14. The number of hydrogen-bond acceptors (Lipinski definition) is 3. The van der Waals surface area contributed by atoms with Gasteiger partial charge in [-0.25, -0.2) is 0 Å². The summed E-state index contributed by atoms with van der Waals surface area (Å²) in [5, 5.41) is 6.37. The highest BCUT2D eigenvalue weighted by Gasteiger charge is 2.20. The van der Waals surface area contributed by atoms with Crippen LogP contribution in [0.5, 0.6) is 0 Å². The highest BCUT2D eigenvalue weighted by molar-refractivity contribution is 5.76. The van der Waals surface area contributed by atoms with Crippen molar-refractivity contribution in [2.75, 3.05) is 27.2 Å². The molecule has 1 rings (SSSR count). The van der Waals surface area contributed by atoms with Crippen molar-refractivity contribution in [1.82, 2.24) is 15.5 Å². The Labute approximate surface area is 105 Å². The predicted molar refractivity (Wildman–Crippen MR) is 71.0 cm³/mol. The maximum Gasteiger partial charge on any atom is 0.221 e. The van der Waals surface area contributed by atoms with Crippen molar-refractivity contribution >= 4 is 5.91 Å². The second-order valence-electron chi connectivity index (χ2n) is 5.56. The Balaban J connectivity index is 2.11. The quantitative estimate of drug-likeness (QED) is 0.661. The average Bonchev–Trinajstić information content (AvgIpc) is 3.00. The van der Waals surface area contributed by atoms with Crippen LogP contribution in [0, 0.1) is 5.92 Å². The minimum absolute atomic E-state index is 0.158. The van der Waals surface area contributed by atoms with Gasteiger partial charge in [0.2, 0.25) is 5.91 Å². The lowest BCUT2D eigenvalue weighted by Crippen LogP contribution is -2.43. The number of carbonyl (C=O) groups is 1.